The Balaban J connectivity index is 2.14. The summed E-state index contributed by atoms with van der Waals surface area (Å²) in [5.74, 6) is 0. The Hall–Kier alpha value is -0.160. The first-order chi connectivity index (χ1) is 7.86. The lowest BCUT2D eigenvalue weighted by molar-refractivity contribution is 0.0334. The van der Waals surface area contributed by atoms with Crippen molar-refractivity contribution in [2.45, 2.75) is 13.3 Å². The van der Waals surface area contributed by atoms with Crippen molar-refractivity contribution in [3.8, 4) is 0 Å². The molecule has 1 saturated heterocycles. The molecule has 0 bridgehead atoms. The monoisotopic (exact) mass is 229 g/mol. The Kier molecular flexibility index (Phi) is 7.76. The van der Waals surface area contributed by atoms with E-state index in [-0.39, 0.29) is 0 Å². The van der Waals surface area contributed by atoms with Crippen LogP contribution >= 0.6 is 0 Å². The maximum atomic E-state index is 5.35. The molecule has 0 amide bonds. The molecule has 96 valence electrons. The molecule has 1 aliphatic rings. The lowest BCUT2D eigenvalue weighted by Gasteiger charge is -2.29. The van der Waals surface area contributed by atoms with Gasteiger partial charge in [-0.05, 0) is 20.0 Å². The molecule has 0 atom stereocenters. The zero-order valence-corrected chi connectivity index (χ0v) is 10.9. The second-order valence-corrected chi connectivity index (χ2v) is 4.40. The zero-order chi connectivity index (χ0) is 11.6. The van der Waals surface area contributed by atoms with E-state index >= 15 is 0 Å². The number of hydrogen-bond donors (Lipinski definition) is 1. The largest absolute Gasteiger partial charge is 0.379 e. The summed E-state index contributed by atoms with van der Waals surface area (Å²) in [6.45, 7) is 12.1. The van der Waals surface area contributed by atoms with Crippen LogP contribution in [0, 0.1) is 0 Å². The topological polar surface area (TPSA) is 27.7 Å². The number of ether oxygens (including phenoxy) is 1. The molecule has 4 nitrogen and oxygen atoms in total. The van der Waals surface area contributed by atoms with Gasteiger partial charge in [0.05, 0.1) is 13.2 Å². The Morgan fingerprint density at radius 3 is 2.56 bits per heavy atom. The van der Waals surface area contributed by atoms with Crippen LogP contribution < -0.4 is 5.32 Å². The Bertz CT molecular complexity index is 160. The van der Waals surface area contributed by atoms with E-state index in [1.54, 1.807) is 0 Å². The molecule has 16 heavy (non-hydrogen) atoms. The molecule has 0 unspecified atom stereocenters. The SMILES string of the molecule is CCCN(CCNC)CCN1CCOCC1. The van der Waals surface area contributed by atoms with Gasteiger partial charge in [-0.1, -0.05) is 6.92 Å². The maximum Gasteiger partial charge on any atom is 0.0594 e. The highest BCUT2D eigenvalue weighted by Crippen LogP contribution is 1.98. The predicted octanol–water partition coefficient (Wildman–Crippen LogP) is 0.250. The molecule has 0 aromatic heterocycles. The normalized spacial score (nSPS) is 18.2. The average Bonchev–Trinajstić information content (AvgIpc) is 2.34. The number of rotatable bonds is 8. The van der Waals surface area contributed by atoms with Crippen molar-refractivity contribution in [1.29, 1.82) is 0 Å². The van der Waals surface area contributed by atoms with Gasteiger partial charge in [0.25, 0.3) is 0 Å². The van der Waals surface area contributed by atoms with Crippen molar-refractivity contribution in [3.05, 3.63) is 0 Å². The fraction of sp³-hybridized carbons (Fsp3) is 1.00. The minimum atomic E-state index is 0.907. The number of morpholine rings is 1. The molecule has 1 heterocycles. The number of likely N-dealkylation sites (N-methyl/N-ethyl adjacent to an activating group) is 1. The Morgan fingerprint density at radius 2 is 1.94 bits per heavy atom. The molecule has 1 aliphatic heterocycles. The van der Waals surface area contributed by atoms with Gasteiger partial charge in [-0.2, -0.15) is 0 Å². The molecule has 0 radical (unpaired) electrons. The van der Waals surface area contributed by atoms with Crippen LogP contribution in [0.1, 0.15) is 13.3 Å². The quantitative estimate of drug-likeness (QED) is 0.646. The molecule has 4 heteroatoms. The summed E-state index contributed by atoms with van der Waals surface area (Å²) in [5, 5.41) is 3.22. The van der Waals surface area contributed by atoms with Crippen LogP contribution in [0.15, 0.2) is 0 Å². The number of nitrogens with zero attached hydrogens (tertiary/aromatic N) is 2. The standard InChI is InChI=1S/C12H27N3O/c1-3-5-14(6-4-13-2)7-8-15-9-11-16-12-10-15/h13H,3-12H2,1-2H3. The van der Waals surface area contributed by atoms with Gasteiger partial charge in [-0.15, -0.1) is 0 Å². The highest BCUT2D eigenvalue weighted by molar-refractivity contribution is 4.66. The van der Waals surface area contributed by atoms with Crippen molar-refractivity contribution >= 4 is 0 Å². The van der Waals surface area contributed by atoms with Gasteiger partial charge in [0.15, 0.2) is 0 Å². The first-order valence-corrected chi connectivity index (χ1v) is 6.54. The van der Waals surface area contributed by atoms with Crippen molar-refractivity contribution in [1.82, 2.24) is 15.1 Å². The van der Waals surface area contributed by atoms with Crippen LogP contribution in [0.4, 0.5) is 0 Å². The van der Waals surface area contributed by atoms with E-state index in [4.69, 9.17) is 4.74 Å². The third kappa shape index (κ3) is 5.80. The molecular formula is C12H27N3O. The molecule has 0 aliphatic carbocycles. The molecule has 0 aromatic rings. The number of nitrogens with one attached hydrogen (secondary N) is 1. The molecule has 0 spiro atoms. The van der Waals surface area contributed by atoms with E-state index < -0.39 is 0 Å². The second kappa shape index (κ2) is 8.93. The molecule has 1 fully saturated rings. The van der Waals surface area contributed by atoms with E-state index in [2.05, 4.69) is 22.0 Å². The van der Waals surface area contributed by atoms with Crippen LogP contribution in [-0.2, 0) is 4.74 Å². The second-order valence-electron chi connectivity index (χ2n) is 4.40. The van der Waals surface area contributed by atoms with Crippen molar-refractivity contribution in [2.75, 3.05) is 66.1 Å². The smallest absolute Gasteiger partial charge is 0.0594 e. The molecule has 1 rings (SSSR count). The predicted molar refractivity (Wildman–Crippen MR) is 67.9 cm³/mol. The molecular weight excluding hydrogens is 202 g/mol. The van der Waals surface area contributed by atoms with Crippen LogP contribution in [0.25, 0.3) is 0 Å². The van der Waals surface area contributed by atoms with Crippen molar-refractivity contribution in [3.63, 3.8) is 0 Å². The fourth-order valence-electron chi connectivity index (χ4n) is 2.03. The van der Waals surface area contributed by atoms with Crippen LogP contribution in [0.3, 0.4) is 0 Å². The summed E-state index contributed by atoms with van der Waals surface area (Å²) in [4.78, 5) is 5.05. The third-order valence-corrected chi connectivity index (χ3v) is 3.05. The van der Waals surface area contributed by atoms with Crippen LogP contribution in [0.5, 0.6) is 0 Å². The summed E-state index contributed by atoms with van der Waals surface area (Å²) in [6.07, 6.45) is 1.24. The summed E-state index contributed by atoms with van der Waals surface area (Å²) in [7, 11) is 2.02. The van der Waals surface area contributed by atoms with Crippen LogP contribution in [0.2, 0.25) is 0 Å². The lowest BCUT2D eigenvalue weighted by atomic mass is 10.3. The van der Waals surface area contributed by atoms with Gasteiger partial charge in [0.1, 0.15) is 0 Å². The van der Waals surface area contributed by atoms with E-state index in [0.29, 0.717) is 0 Å². The fourth-order valence-corrected chi connectivity index (χ4v) is 2.03. The minimum absolute atomic E-state index is 0.907. The lowest BCUT2D eigenvalue weighted by Crippen LogP contribution is -2.42. The number of hydrogen-bond acceptors (Lipinski definition) is 4. The van der Waals surface area contributed by atoms with Gasteiger partial charge in [-0.25, -0.2) is 0 Å². The highest BCUT2D eigenvalue weighted by atomic mass is 16.5. The summed E-state index contributed by atoms with van der Waals surface area (Å²) < 4.78 is 5.35. The Morgan fingerprint density at radius 1 is 1.19 bits per heavy atom. The molecule has 0 aromatic carbocycles. The molecule has 1 N–H and O–H groups in total. The van der Waals surface area contributed by atoms with Gasteiger partial charge < -0.3 is 15.0 Å². The first kappa shape index (κ1) is 13.9. The summed E-state index contributed by atoms with van der Waals surface area (Å²) in [5.41, 5.74) is 0. The highest BCUT2D eigenvalue weighted by Gasteiger charge is 2.11. The molecule has 0 saturated carbocycles. The average molecular weight is 229 g/mol. The van der Waals surface area contributed by atoms with Crippen molar-refractivity contribution < 1.29 is 4.74 Å². The Labute approximate surface area is 99.9 Å². The van der Waals surface area contributed by atoms with Gasteiger partial charge in [-0.3, -0.25) is 4.90 Å². The van der Waals surface area contributed by atoms with Crippen molar-refractivity contribution in [2.24, 2.45) is 0 Å². The summed E-state index contributed by atoms with van der Waals surface area (Å²) in [6, 6.07) is 0. The van der Waals surface area contributed by atoms with E-state index in [0.717, 1.165) is 39.4 Å². The van der Waals surface area contributed by atoms with Gasteiger partial charge >= 0.3 is 0 Å². The summed E-state index contributed by atoms with van der Waals surface area (Å²) >= 11 is 0. The minimum Gasteiger partial charge on any atom is -0.379 e. The van der Waals surface area contributed by atoms with Gasteiger partial charge in [0.2, 0.25) is 0 Å². The van der Waals surface area contributed by atoms with E-state index in [9.17, 15) is 0 Å². The van der Waals surface area contributed by atoms with Crippen LogP contribution in [-0.4, -0.2) is 75.9 Å². The van der Waals surface area contributed by atoms with E-state index in [1.807, 2.05) is 7.05 Å². The first-order valence-electron chi connectivity index (χ1n) is 6.54. The van der Waals surface area contributed by atoms with Gasteiger partial charge in [0, 0.05) is 39.3 Å². The zero-order valence-electron chi connectivity index (χ0n) is 10.9. The maximum absolute atomic E-state index is 5.35. The third-order valence-electron chi connectivity index (χ3n) is 3.05. The van der Waals surface area contributed by atoms with E-state index in [1.165, 1.54) is 26.1 Å².